The van der Waals surface area contributed by atoms with Crippen LogP contribution in [-0.2, 0) is 0 Å². The monoisotopic (exact) mass is 278 g/mol. The quantitative estimate of drug-likeness (QED) is 0.896. The zero-order chi connectivity index (χ0) is 14.0. The third-order valence-corrected chi connectivity index (χ3v) is 2.74. The minimum Gasteiger partial charge on any atom is -0.368 e. The van der Waals surface area contributed by atoms with E-state index in [9.17, 15) is 0 Å². The number of rotatable bonds is 3. The first kappa shape index (κ1) is 13.4. The van der Waals surface area contributed by atoms with Crippen LogP contribution in [0.4, 0.5) is 23.5 Å². The first-order chi connectivity index (χ1) is 8.95. The Hall–Kier alpha value is -2.08. The van der Waals surface area contributed by atoms with E-state index in [0.29, 0.717) is 16.9 Å². The van der Waals surface area contributed by atoms with E-state index >= 15 is 0 Å². The van der Waals surface area contributed by atoms with Crippen LogP contribution >= 0.6 is 11.6 Å². The average molecular weight is 279 g/mol. The van der Waals surface area contributed by atoms with Crippen molar-refractivity contribution in [2.75, 3.05) is 30.0 Å². The summed E-state index contributed by atoms with van der Waals surface area (Å²) in [4.78, 5) is 14.1. The molecule has 1 heterocycles. The van der Waals surface area contributed by atoms with E-state index in [2.05, 4.69) is 20.3 Å². The lowest BCUT2D eigenvalue weighted by molar-refractivity contribution is 0.969. The van der Waals surface area contributed by atoms with Gasteiger partial charge in [-0.15, -0.1) is 0 Å². The van der Waals surface area contributed by atoms with Gasteiger partial charge in [-0.1, -0.05) is 17.7 Å². The molecule has 0 aliphatic carbocycles. The molecule has 0 spiro atoms. The fourth-order valence-electron chi connectivity index (χ4n) is 1.49. The van der Waals surface area contributed by atoms with Crippen molar-refractivity contribution in [3.8, 4) is 0 Å². The molecule has 0 aliphatic rings. The Morgan fingerprint density at radius 1 is 1.21 bits per heavy atom. The Morgan fingerprint density at radius 2 is 1.95 bits per heavy atom. The largest absolute Gasteiger partial charge is 0.368 e. The first-order valence-electron chi connectivity index (χ1n) is 5.68. The van der Waals surface area contributed by atoms with Crippen molar-refractivity contribution in [1.29, 1.82) is 0 Å². The zero-order valence-corrected chi connectivity index (χ0v) is 11.7. The van der Waals surface area contributed by atoms with Crippen molar-refractivity contribution in [1.82, 2.24) is 15.0 Å². The van der Waals surface area contributed by atoms with E-state index in [0.717, 1.165) is 11.3 Å². The number of nitrogen functional groups attached to an aromatic ring is 1. The Bertz CT molecular complexity index is 599. The fourth-order valence-corrected chi connectivity index (χ4v) is 1.66. The van der Waals surface area contributed by atoms with Gasteiger partial charge in [-0.05, 0) is 24.6 Å². The minimum atomic E-state index is 0.157. The number of anilines is 4. The van der Waals surface area contributed by atoms with E-state index in [-0.39, 0.29) is 5.95 Å². The highest BCUT2D eigenvalue weighted by Gasteiger charge is 2.08. The first-order valence-corrected chi connectivity index (χ1v) is 6.05. The van der Waals surface area contributed by atoms with Gasteiger partial charge >= 0.3 is 0 Å². The van der Waals surface area contributed by atoms with Gasteiger partial charge in [0.15, 0.2) is 0 Å². The molecule has 0 fully saturated rings. The van der Waals surface area contributed by atoms with E-state index in [1.807, 2.05) is 39.2 Å². The van der Waals surface area contributed by atoms with Crippen LogP contribution in [0.5, 0.6) is 0 Å². The number of aryl methyl sites for hydroxylation is 1. The lowest BCUT2D eigenvalue weighted by atomic mass is 10.2. The second-order valence-electron chi connectivity index (χ2n) is 4.32. The molecular formula is C12H15ClN6. The molecule has 0 bridgehead atoms. The number of aromatic nitrogens is 3. The maximum Gasteiger partial charge on any atom is 0.233 e. The summed E-state index contributed by atoms with van der Waals surface area (Å²) < 4.78 is 0. The summed E-state index contributed by atoms with van der Waals surface area (Å²) in [6.45, 7) is 1.98. The molecule has 7 heteroatoms. The third-order valence-electron chi connectivity index (χ3n) is 2.41. The molecule has 3 N–H and O–H groups in total. The van der Waals surface area contributed by atoms with Crippen molar-refractivity contribution >= 4 is 35.1 Å². The van der Waals surface area contributed by atoms with Gasteiger partial charge in [0.1, 0.15) is 0 Å². The summed E-state index contributed by atoms with van der Waals surface area (Å²) in [5, 5.41) is 3.64. The minimum absolute atomic E-state index is 0.157. The van der Waals surface area contributed by atoms with Gasteiger partial charge in [0.25, 0.3) is 0 Å². The molecule has 0 saturated carbocycles. The summed E-state index contributed by atoms with van der Waals surface area (Å²) >= 11 is 6.11. The number of hydrogen-bond acceptors (Lipinski definition) is 6. The number of nitrogens with one attached hydrogen (secondary N) is 1. The Kier molecular flexibility index (Phi) is 3.71. The van der Waals surface area contributed by atoms with Gasteiger partial charge in [0, 0.05) is 14.1 Å². The zero-order valence-electron chi connectivity index (χ0n) is 11.0. The van der Waals surface area contributed by atoms with E-state index in [4.69, 9.17) is 17.3 Å². The molecule has 100 valence electrons. The van der Waals surface area contributed by atoms with Crippen molar-refractivity contribution in [2.45, 2.75) is 6.92 Å². The maximum atomic E-state index is 6.11. The van der Waals surface area contributed by atoms with Crippen LogP contribution in [0.15, 0.2) is 18.2 Å². The molecule has 1 aromatic carbocycles. The SMILES string of the molecule is Cc1ccc(Cl)c(Nc2nc(N)nc(N(C)C)n2)c1. The molecule has 0 radical (unpaired) electrons. The van der Waals surface area contributed by atoms with E-state index in [1.54, 1.807) is 4.90 Å². The van der Waals surface area contributed by atoms with E-state index in [1.165, 1.54) is 0 Å². The highest BCUT2D eigenvalue weighted by atomic mass is 35.5. The molecular weight excluding hydrogens is 264 g/mol. The molecule has 0 aliphatic heterocycles. The predicted octanol–water partition coefficient (Wildman–Crippen LogP) is 2.23. The summed E-state index contributed by atoms with van der Waals surface area (Å²) in [6, 6.07) is 5.66. The molecule has 2 aromatic rings. The number of hydrogen-bond donors (Lipinski definition) is 2. The van der Waals surface area contributed by atoms with Gasteiger partial charge in [-0.2, -0.15) is 15.0 Å². The second kappa shape index (κ2) is 5.27. The molecule has 0 atom stereocenters. The smallest absolute Gasteiger partial charge is 0.233 e. The van der Waals surface area contributed by atoms with Crippen molar-refractivity contribution < 1.29 is 0 Å². The van der Waals surface area contributed by atoms with Gasteiger partial charge < -0.3 is 16.0 Å². The van der Waals surface area contributed by atoms with Gasteiger partial charge in [0.05, 0.1) is 10.7 Å². The summed E-state index contributed by atoms with van der Waals surface area (Å²) in [6.07, 6.45) is 0. The maximum absolute atomic E-state index is 6.11. The molecule has 2 rings (SSSR count). The van der Waals surface area contributed by atoms with Crippen LogP contribution in [0, 0.1) is 6.92 Å². The normalized spacial score (nSPS) is 10.3. The molecule has 0 saturated heterocycles. The molecule has 1 aromatic heterocycles. The van der Waals surface area contributed by atoms with Crippen LogP contribution in [-0.4, -0.2) is 29.0 Å². The highest BCUT2D eigenvalue weighted by molar-refractivity contribution is 6.33. The number of benzene rings is 1. The van der Waals surface area contributed by atoms with Gasteiger partial charge in [0.2, 0.25) is 17.8 Å². The second-order valence-corrected chi connectivity index (χ2v) is 4.73. The lowest BCUT2D eigenvalue weighted by Crippen LogP contribution is -2.15. The summed E-state index contributed by atoms with van der Waals surface area (Å²) in [5.41, 5.74) is 7.48. The number of nitrogens with two attached hydrogens (primary N) is 1. The van der Waals surface area contributed by atoms with Crippen LogP contribution in [0.25, 0.3) is 0 Å². The highest BCUT2D eigenvalue weighted by Crippen LogP contribution is 2.25. The van der Waals surface area contributed by atoms with Crippen molar-refractivity contribution in [3.05, 3.63) is 28.8 Å². The Labute approximate surface area is 116 Å². The molecule has 6 nitrogen and oxygen atoms in total. The van der Waals surface area contributed by atoms with Crippen LogP contribution in [0.1, 0.15) is 5.56 Å². The van der Waals surface area contributed by atoms with Crippen LogP contribution in [0.3, 0.4) is 0 Å². The molecule has 0 amide bonds. The topological polar surface area (TPSA) is 80.0 Å². The number of nitrogens with zero attached hydrogens (tertiary/aromatic N) is 4. The average Bonchev–Trinajstić information content (AvgIpc) is 2.33. The lowest BCUT2D eigenvalue weighted by Gasteiger charge is -2.13. The molecule has 19 heavy (non-hydrogen) atoms. The van der Waals surface area contributed by atoms with Gasteiger partial charge in [-0.3, -0.25) is 0 Å². The van der Waals surface area contributed by atoms with Crippen LogP contribution in [0.2, 0.25) is 5.02 Å². The number of halogens is 1. The van der Waals surface area contributed by atoms with Crippen LogP contribution < -0.4 is 16.0 Å². The Morgan fingerprint density at radius 3 is 2.63 bits per heavy atom. The summed E-state index contributed by atoms with van der Waals surface area (Å²) in [5.74, 6) is 1.01. The predicted molar refractivity (Wildman–Crippen MR) is 78.0 cm³/mol. The Balaban J connectivity index is 2.35. The fraction of sp³-hybridized carbons (Fsp3) is 0.250. The summed E-state index contributed by atoms with van der Waals surface area (Å²) in [7, 11) is 3.66. The molecule has 0 unspecified atom stereocenters. The van der Waals surface area contributed by atoms with Crippen molar-refractivity contribution in [2.24, 2.45) is 0 Å². The third kappa shape index (κ3) is 3.23. The standard InChI is InChI=1S/C12H15ClN6/c1-7-4-5-8(13)9(6-7)15-11-16-10(14)17-12(18-11)19(2)3/h4-6H,1-3H3,(H3,14,15,16,17,18). The van der Waals surface area contributed by atoms with Crippen molar-refractivity contribution in [3.63, 3.8) is 0 Å². The van der Waals surface area contributed by atoms with Gasteiger partial charge in [-0.25, -0.2) is 0 Å². The van der Waals surface area contributed by atoms with E-state index < -0.39 is 0 Å².